The van der Waals surface area contributed by atoms with E-state index in [-0.39, 0.29) is 29.9 Å². The number of benzene rings is 3. The molecular weight excluding hydrogens is 492 g/mol. The van der Waals surface area contributed by atoms with Crippen LogP contribution in [0.1, 0.15) is 24.1 Å². The van der Waals surface area contributed by atoms with Crippen LogP contribution in [0.4, 0.5) is 0 Å². The van der Waals surface area contributed by atoms with Gasteiger partial charge in [-0.3, -0.25) is 4.79 Å². The van der Waals surface area contributed by atoms with Crippen LogP contribution in [0.2, 0.25) is 0 Å². The molecule has 3 rings (SSSR count). The normalized spacial score (nSPS) is 12.4. The van der Waals surface area contributed by atoms with Crippen molar-refractivity contribution in [1.82, 2.24) is 9.62 Å². The second-order valence-electron chi connectivity index (χ2n) is 7.28. The minimum Gasteiger partial charge on any atom is -0.497 e. The number of nitrogens with zero attached hydrogens (tertiary/aromatic N) is 1. The zero-order valence-corrected chi connectivity index (χ0v) is 20.3. The molecule has 168 valence electrons. The van der Waals surface area contributed by atoms with Crippen molar-refractivity contribution in [2.24, 2.45) is 0 Å². The number of carbonyl (C=O) groups excluding carboxylic acids is 1. The van der Waals surface area contributed by atoms with Crippen LogP contribution in [-0.2, 0) is 21.4 Å². The zero-order chi connectivity index (χ0) is 23.1. The summed E-state index contributed by atoms with van der Waals surface area (Å²) in [6.45, 7) is 1.63. The van der Waals surface area contributed by atoms with Gasteiger partial charge in [-0.15, -0.1) is 0 Å². The highest BCUT2D eigenvalue weighted by molar-refractivity contribution is 9.10. The Morgan fingerprint density at radius 2 is 1.72 bits per heavy atom. The van der Waals surface area contributed by atoms with Crippen LogP contribution in [0.25, 0.3) is 0 Å². The number of nitrogens with one attached hydrogen (secondary N) is 1. The Labute approximate surface area is 197 Å². The van der Waals surface area contributed by atoms with Crippen molar-refractivity contribution in [1.29, 1.82) is 0 Å². The number of amides is 1. The van der Waals surface area contributed by atoms with Gasteiger partial charge in [-0.2, -0.15) is 4.31 Å². The highest BCUT2D eigenvalue weighted by atomic mass is 79.9. The zero-order valence-electron chi connectivity index (χ0n) is 17.9. The van der Waals surface area contributed by atoms with E-state index in [1.165, 1.54) is 23.5 Å². The molecular formula is C24H25BrN2O4S. The lowest BCUT2D eigenvalue weighted by molar-refractivity contribution is -0.122. The van der Waals surface area contributed by atoms with Crippen LogP contribution in [0.15, 0.2) is 88.2 Å². The van der Waals surface area contributed by atoms with E-state index < -0.39 is 10.0 Å². The van der Waals surface area contributed by atoms with Crippen LogP contribution < -0.4 is 10.1 Å². The first-order valence-electron chi connectivity index (χ1n) is 10.0. The smallest absolute Gasteiger partial charge is 0.243 e. The average Bonchev–Trinajstić information content (AvgIpc) is 2.79. The molecule has 32 heavy (non-hydrogen) atoms. The Morgan fingerprint density at radius 3 is 2.34 bits per heavy atom. The van der Waals surface area contributed by atoms with E-state index in [1.54, 1.807) is 12.1 Å². The quantitative estimate of drug-likeness (QED) is 0.453. The third-order valence-electron chi connectivity index (χ3n) is 4.95. The molecule has 0 aliphatic rings. The Morgan fingerprint density at radius 1 is 1.03 bits per heavy atom. The molecule has 0 heterocycles. The van der Waals surface area contributed by atoms with Crippen LogP contribution in [0.3, 0.4) is 0 Å². The van der Waals surface area contributed by atoms with Gasteiger partial charge in [-0.05, 0) is 54.4 Å². The summed E-state index contributed by atoms with van der Waals surface area (Å²) in [5.41, 5.74) is 1.71. The Hall–Kier alpha value is -2.68. The topological polar surface area (TPSA) is 75.7 Å². The fourth-order valence-electron chi connectivity index (χ4n) is 3.22. The van der Waals surface area contributed by atoms with Crippen LogP contribution >= 0.6 is 15.9 Å². The van der Waals surface area contributed by atoms with E-state index in [2.05, 4.69) is 21.2 Å². The van der Waals surface area contributed by atoms with Gasteiger partial charge < -0.3 is 10.1 Å². The minimum atomic E-state index is -3.92. The number of ether oxygens (including phenoxy) is 1. The monoisotopic (exact) mass is 516 g/mol. The van der Waals surface area contributed by atoms with Crippen LogP contribution in [-0.4, -0.2) is 32.3 Å². The maximum absolute atomic E-state index is 13.4. The summed E-state index contributed by atoms with van der Waals surface area (Å²) < 4.78 is 34.0. The Kier molecular flexibility index (Phi) is 8.06. The first-order valence-corrected chi connectivity index (χ1v) is 12.3. The predicted octanol–water partition coefficient (Wildman–Crippen LogP) is 4.53. The highest BCUT2D eigenvalue weighted by Crippen LogP contribution is 2.22. The SMILES string of the molecule is COc1ccc(S(=O)(=O)N(CC(=O)N[C@@H](C)c2cccc(Br)c2)Cc2ccccc2)cc1. The summed E-state index contributed by atoms with van der Waals surface area (Å²) in [4.78, 5) is 12.9. The van der Waals surface area contributed by atoms with Gasteiger partial charge in [0.05, 0.1) is 24.6 Å². The highest BCUT2D eigenvalue weighted by Gasteiger charge is 2.27. The first kappa shape index (κ1) is 24.0. The van der Waals surface area contributed by atoms with Crippen molar-refractivity contribution < 1.29 is 17.9 Å². The van der Waals surface area contributed by atoms with E-state index in [1.807, 2.05) is 61.5 Å². The van der Waals surface area contributed by atoms with Gasteiger partial charge in [-0.25, -0.2) is 8.42 Å². The Balaban J connectivity index is 1.82. The largest absolute Gasteiger partial charge is 0.497 e. The molecule has 0 unspecified atom stereocenters. The third kappa shape index (κ3) is 6.18. The van der Waals surface area contributed by atoms with E-state index in [0.717, 1.165) is 15.6 Å². The van der Waals surface area contributed by atoms with Crippen molar-refractivity contribution in [3.8, 4) is 5.75 Å². The second kappa shape index (κ2) is 10.8. The summed E-state index contributed by atoms with van der Waals surface area (Å²) >= 11 is 3.43. The minimum absolute atomic E-state index is 0.0773. The number of methoxy groups -OCH3 is 1. The molecule has 0 fully saturated rings. The van der Waals surface area contributed by atoms with E-state index in [9.17, 15) is 13.2 Å². The van der Waals surface area contributed by atoms with Crippen molar-refractivity contribution in [2.75, 3.05) is 13.7 Å². The summed E-state index contributed by atoms with van der Waals surface area (Å²) in [6.07, 6.45) is 0. The number of hydrogen-bond acceptors (Lipinski definition) is 4. The van der Waals surface area contributed by atoms with Crippen molar-refractivity contribution in [3.63, 3.8) is 0 Å². The molecule has 3 aromatic rings. The van der Waals surface area contributed by atoms with E-state index in [0.29, 0.717) is 5.75 Å². The molecule has 1 atom stereocenters. The molecule has 3 aromatic carbocycles. The van der Waals surface area contributed by atoms with Crippen molar-refractivity contribution in [3.05, 3.63) is 94.5 Å². The lowest BCUT2D eigenvalue weighted by atomic mass is 10.1. The number of sulfonamides is 1. The number of carbonyl (C=O) groups is 1. The summed E-state index contributed by atoms with van der Waals surface area (Å²) in [5.74, 6) is 0.171. The van der Waals surface area contributed by atoms with E-state index >= 15 is 0 Å². The molecule has 0 saturated heterocycles. The first-order chi connectivity index (χ1) is 15.3. The van der Waals surface area contributed by atoms with Crippen LogP contribution in [0.5, 0.6) is 5.75 Å². The maximum atomic E-state index is 13.4. The summed E-state index contributed by atoms with van der Waals surface area (Å²) in [6, 6.07) is 22.7. The summed E-state index contributed by atoms with van der Waals surface area (Å²) in [7, 11) is -2.40. The molecule has 1 amide bonds. The van der Waals surface area contributed by atoms with Crippen molar-refractivity contribution in [2.45, 2.75) is 24.4 Å². The standard InChI is InChI=1S/C24H25BrN2O4S/c1-18(20-9-6-10-21(25)15-20)26-24(28)17-27(16-19-7-4-3-5-8-19)32(29,30)23-13-11-22(31-2)12-14-23/h3-15,18H,16-17H2,1-2H3,(H,26,28)/t18-/m0/s1. The molecule has 1 N–H and O–H groups in total. The van der Waals surface area contributed by atoms with Crippen molar-refractivity contribution >= 4 is 31.9 Å². The van der Waals surface area contributed by atoms with Gasteiger partial charge in [0.1, 0.15) is 5.75 Å². The molecule has 6 nitrogen and oxygen atoms in total. The molecule has 0 aliphatic heterocycles. The average molecular weight is 517 g/mol. The Bertz CT molecular complexity index is 1150. The molecule has 0 radical (unpaired) electrons. The second-order valence-corrected chi connectivity index (χ2v) is 10.1. The van der Waals surface area contributed by atoms with E-state index in [4.69, 9.17) is 4.74 Å². The van der Waals surface area contributed by atoms with Crippen LogP contribution in [0, 0.1) is 0 Å². The fraction of sp³-hybridized carbons (Fsp3) is 0.208. The molecule has 8 heteroatoms. The van der Waals surface area contributed by atoms with Gasteiger partial charge in [0, 0.05) is 11.0 Å². The lowest BCUT2D eigenvalue weighted by Crippen LogP contribution is -2.41. The number of halogens is 1. The molecule has 0 bridgehead atoms. The number of hydrogen-bond donors (Lipinski definition) is 1. The summed E-state index contributed by atoms with van der Waals surface area (Å²) in [5, 5.41) is 2.90. The molecule has 0 saturated carbocycles. The fourth-order valence-corrected chi connectivity index (χ4v) is 5.02. The lowest BCUT2D eigenvalue weighted by Gasteiger charge is -2.23. The predicted molar refractivity (Wildman–Crippen MR) is 128 cm³/mol. The van der Waals surface area contributed by atoms with Gasteiger partial charge in [-0.1, -0.05) is 58.4 Å². The van der Waals surface area contributed by atoms with Gasteiger partial charge in [0.25, 0.3) is 0 Å². The van der Waals surface area contributed by atoms with Gasteiger partial charge in [0.2, 0.25) is 15.9 Å². The third-order valence-corrected chi connectivity index (χ3v) is 7.24. The van der Waals surface area contributed by atoms with Gasteiger partial charge >= 0.3 is 0 Å². The number of rotatable bonds is 9. The molecule has 0 spiro atoms. The van der Waals surface area contributed by atoms with Gasteiger partial charge in [0.15, 0.2) is 0 Å². The molecule has 0 aromatic heterocycles. The maximum Gasteiger partial charge on any atom is 0.243 e. The molecule has 0 aliphatic carbocycles.